The number of halogens is 1. The van der Waals surface area contributed by atoms with Crippen LogP contribution in [0, 0.1) is 0 Å². The molecule has 0 spiro atoms. The van der Waals surface area contributed by atoms with Gasteiger partial charge in [0, 0.05) is 11.6 Å². The van der Waals surface area contributed by atoms with Crippen molar-refractivity contribution in [2.75, 3.05) is 0 Å². The normalized spacial score (nSPS) is 11.1. The Morgan fingerprint density at radius 2 is 1.95 bits per heavy atom. The molecule has 0 unspecified atom stereocenters. The highest BCUT2D eigenvalue weighted by atomic mass is 79.9. The van der Waals surface area contributed by atoms with Crippen LogP contribution in [0.5, 0.6) is 5.75 Å². The summed E-state index contributed by atoms with van der Waals surface area (Å²) in [6.45, 7) is 0. The maximum absolute atomic E-state index is 11.3. The molecule has 1 aromatic carbocycles. The van der Waals surface area contributed by atoms with E-state index in [0.717, 1.165) is 16.1 Å². The maximum atomic E-state index is 11.3. The van der Waals surface area contributed by atoms with E-state index >= 15 is 0 Å². The summed E-state index contributed by atoms with van der Waals surface area (Å²) in [5.74, 6) is 0.145. The topological polar surface area (TPSA) is 76.2 Å². The van der Waals surface area contributed by atoms with Crippen LogP contribution >= 0.6 is 27.3 Å². The van der Waals surface area contributed by atoms with E-state index in [9.17, 15) is 9.90 Å². The van der Waals surface area contributed by atoms with E-state index in [2.05, 4.69) is 26.1 Å². The van der Waals surface area contributed by atoms with Crippen LogP contribution in [0.4, 0.5) is 0 Å². The number of aromatic hydroxyl groups is 1. The molecule has 0 radical (unpaired) electrons. The van der Waals surface area contributed by atoms with Gasteiger partial charge in [-0.25, -0.2) is 4.79 Å². The van der Waals surface area contributed by atoms with Gasteiger partial charge in [-0.3, -0.25) is 0 Å². The number of nitrogens with zero attached hydrogens (tertiary/aromatic N) is 2. The van der Waals surface area contributed by atoms with Crippen LogP contribution in [-0.4, -0.2) is 15.3 Å². The van der Waals surface area contributed by atoms with Crippen LogP contribution in [0.25, 0.3) is 23.3 Å². The molecule has 1 N–H and O–H groups in total. The molecule has 0 aliphatic rings. The molecule has 7 heteroatoms. The third-order valence-corrected chi connectivity index (χ3v) is 4.21. The zero-order valence-corrected chi connectivity index (χ0v) is 13.5. The third-order valence-electron chi connectivity index (χ3n) is 2.89. The molecule has 3 rings (SSSR count). The van der Waals surface area contributed by atoms with Crippen molar-refractivity contribution in [1.29, 1.82) is 0 Å². The second-order valence-corrected chi connectivity index (χ2v) is 6.62. The summed E-state index contributed by atoms with van der Waals surface area (Å²) in [6, 6.07) is 8.21. The molecule has 110 valence electrons. The van der Waals surface area contributed by atoms with Gasteiger partial charge in [-0.2, -0.15) is 0 Å². The van der Waals surface area contributed by atoms with Crippen molar-refractivity contribution in [2.24, 2.45) is 0 Å². The highest BCUT2D eigenvalue weighted by Gasteiger charge is 2.04. The van der Waals surface area contributed by atoms with Crippen molar-refractivity contribution in [1.82, 2.24) is 10.2 Å². The summed E-state index contributed by atoms with van der Waals surface area (Å²) in [5, 5.41) is 18.5. The Bertz CT molecular complexity index is 902. The van der Waals surface area contributed by atoms with Crippen molar-refractivity contribution >= 4 is 39.4 Å². The highest BCUT2D eigenvalue weighted by Crippen LogP contribution is 2.27. The molecule has 0 saturated heterocycles. The lowest BCUT2D eigenvalue weighted by Crippen LogP contribution is -1.95. The molecule has 22 heavy (non-hydrogen) atoms. The number of benzene rings is 1. The van der Waals surface area contributed by atoms with Crippen molar-refractivity contribution in [3.63, 3.8) is 0 Å². The highest BCUT2D eigenvalue weighted by molar-refractivity contribution is 9.11. The summed E-state index contributed by atoms with van der Waals surface area (Å²) in [7, 11) is 0. The number of hydrogen-bond acceptors (Lipinski definition) is 6. The fourth-order valence-electron chi connectivity index (χ4n) is 1.87. The van der Waals surface area contributed by atoms with Crippen LogP contribution in [0.2, 0.25) is 0 Å². The number of rotatable bonds is 3. The quantitative estimate of drug-likeness (QED) is 0.752. The lowest BCUT2D eigenvalue weighted by molar-refractivity contribution is 0.474. The first kappa shape index (κ1) is 14.7. The van der Waals surface area contributed by atoms with Crippen molar-refractivity contribution < 1.29 is 9.52 Å². The van der Waals surface area contributed by atoms with Gasteiger partial charge in [0.2, 0.25) is 0 Å². The minimum Gasteiger partial charge on any atom is -0.507 e. The number of phenolic OH excluding ortho intramolecular Hbond substituents is 1. The molecule has 2 heterocycles. The van der Waals surface area contributed by atoms with Crippen LogP contribution in [0.15, 0.2) is 49.7 Å². The van der Waals surface area contributed by atoms with Gasteiger partial charge in [0.25, 0.3) is 0 Å². The smallest absolute Gasteiger partial charge is 0.336 e. The van der Waals surface area contributed by atoms with Gasteiger partial charge < -0.3 is 9.52 Å². The van der Waals surface area contributed by atoms with E-state index in [4.69, 9.17) is 4.42 Å². The molecule has 5 nitrogen and oxygen atoms in total. The summed E-state index contributed by atoms with van der Waals surface area (Å²) in [6.07, 6.45) is 4.86. The minimum atomic E-state index is -0.415. The molecule has 0 aliphatic carbocycles. The van der Waals surface area contributed by atoms with E-state index in [0.29, 0.717) is 9.48 Å². The molecule has 0 atom stereocenters. The van der Waals surface area contributed by atoms with Crippen LogP contribution in [0.1, 0.15) is 10.6 Å². The second kappa shape index (κ2) is 6.25. The first-order valence-corrected chi connectivity index (χ1v) is 7.82. The van der Waals surface area contributed by atoms with E-state index in [-0.39, 0.29) is 5.75 Å². The van der Waals surface area contributed by atoms with Crippen molar-refractivity contribution in [3.8, 4) is 16.9 Å². The molecular weight excluding hydrogens is 368 g/mol. The van der Waals surface area contributed by atoms with Crippen molar-refractivity contribution in [3.05, 3.63) is 61.5 Å². The van der Waals surface area contributed by atoms with Gasteiger partial charge in [-0.15, -0.1) is 10.2 Å². The maximum Gasteiger partial charge on any atom is 0.336 e. The minimum absolute atomic E-state index is 0.145. The van der Waals surface area contributed by atoms with E-state index in [1.165, 1.54) is 23.7 Å². The van der Waals surface area contributed by atoms with Crippen molar-refractivity contribution in [2.45, 2.75) is 0 Å². The molecule has 0 aliphatic heterocycles. The SMILES string of the molecule is O=c1cc(-c2ccc(O)c(/C=C/c3nnc(Br)s3)c2)cco1. The van der Waals surface area contributed by atoms with Crippen LogP contribution in [0.3, 0.4) is 0 Å². The Kier molecular flexibility index (Phi) is 4.17. The van der Waals surface area contributed by atoms with E-state index < -0.39 is 5.63 Å². The van der Waals surface area contributed by atoms with Gasteiger partial charge >= 0.3 is 5.63 Å². The Hall–Kier alpha value is -2.25. The predicted molar refractivity (Wildman–Crippen MR) is 88.6 cm³/mol. The number of phenols is 1. The first-order valence-electron chi connectivity index (χ1n) is 6.21. The standard InChI is InChI=1S/C15H9BrN2O3S/c16-15-18-17-13(22-15)4-2-11-7-9(1-3-12(11)19)10-5-6-21-14(20)8-10/h1-8,19H/b4-2+. The Morgan fingerprint density at radius 3 is 2.68 bits per heavy atom. The Labute approximate surface area is 137 Å². The molecule has 0 fully saturated rings. The van der Waals surface area contributed by atoms with Gasteiger partial charge in [0.05, 0.1) is 6.26 Å². The monoisotopic (exact) mass is 376 g/mol. The molecular formula is C15H9BrN2O3S. The molecule has 2 aromatic heterocycles. The zero-order chi connectivity index (χ0) is 15.5. The second-order valence-electron chi connectivity index (χ2n) is 4.34. The van der Waals surface area contributed by atoms with E-state index in [1.54, 1.807) is 36.4 Å². The van der Waals surface area contributed by atoms with Crippen LogP contribution < -0.4 is 5.63 Å². The number of aromatic nitrogens is 2. The molecule has 3 aromatic rings. The number of hydrogen-bond donors (Lipinski definition) is 1. The summed E-state index contributed by atoms with van der Waals surface area (Å²) in [5.41, 5.74) is 1.74. The summed E-state index contributed by atoms with van der Waals surface area (Å²) < 4.78 is 5.41. The van der Waals surface area contributed by atoms with Gasteiger partial charge in [0.15, 0.2) is 3.92 Å². The van der Waals surface area contributed by atoms with Gasteiger partial charge in [-0.05, 0) is 57.4 Å². The van der Waals surface area contributed by atoms with Gasteiger partial charge in [0.1, 0.15) is 10.8 Å². The fourth-order valence-corrected chi connectivity index (χ4v) is 2.92. The van der Waals surface area contributed by atoms with E-state index in [1.807, 2.05) is 0 Å². The third kappa shape index (κ3) is 3.32. The molecule has 0 saturated carbocycles. The first-order chi connectivity index (χ1) is 10.6. The zero-order valence-electron chi connectivity index (χ0n) is 11.1. The average molecular weight is 377 g/mol. The summed E-state index contributed by atoms with van der Waals surface area (Å²) in [4.78, 5) is 11.3. The molecule has 0 bridgehead atoms. The predicted octanol–water partition coefficient (Wildman–Crippen LogP) is 3.80. The lowest BCUT2D eigenvalue weighted by atomic mass is 10.0. The molecule has 0 amide bonds. The largest absolute Gasteiger partial charge is 0.507 e. The van der Waals surface area contributed by atoms with Crippen LogP contribution in [-0.2, 0) is 0 Å². The Balaban J connectivity index is 1.96. The average Bonchev–Trinajstić information content (AvgIpc) is 2.92. The fraction of sp³-hybridized carbons (Fsp3) is 0. The Morgan fingerprint density at radius 1 is 1.14 bits per heavy atom. The lowest BCUT2D eigenvalue weighted by Gasteiger charge is -2.04. The van der Waals surface area contributed by atoms with Gasteiger partial charge in [-0.1, -0.05) is 17.4 Å². The summed E-state index contributed by atoms with van der Waals surface area (Å²) >= 11 is 4.63.